The second kappa shape index (κ2) is 8.18. The largest absolute Gasteiger partial charge is 0.388 e. The number of rotatable bonds is 7. The predicted molar refractivity (Wildman–Crippen MR) is 88.8 cm³/mol. The van der Waals surface area contributed by atoms with E-state index in [1.165, 1.54) is 4.90 Å². The van der Waals surface area contributed by atoms with Gasteiger partial charge in [-0.1, -0.05) is 32.0 Å². The van der Waals surface area contributed by atoms with E-state index in [0.717, 1.165) is 18.6 Å². The van der Waals surface area contributed by atoms with Gasteiger partial charge in [-0.2, -0.15) is 0 Å². The van der Waals surface area contributed by atoms with Crippen molar-refractivity contribution in [3.63, 3.8) is 0 Å². The summed E-state index contributed by atoms with van der Waals surface area (Å²) in [5.74, 6) is 1.57. The number of ether oxygens (including phenoxy) is 1. The molecule has 2 N–H and O–H groups in total. The molecule has 1 saturated heterocycles. The molecule has 1 aromatic rings. The molecule has 1 heterocycles. The molecule has 1 aromatic carbocycles. The predicted octanol–water partition coefficient (Wildman–Crippen LogP) is 2.93. The third-order valence-electron chi connectivity index (χ3n) is 4.09. The summed E-state index contributed by atoms with van der Waals surface area (Å²) in [5, 5.41) is 14.1. The summed E-state index contributed by atoms with van der Waals surface area (Å²) in [6.07, 6.45) is 1.47. The Balaban J connectivity index is 1.81. The lowest BCUT2D eigenvalue weighted by Gasteiger charge is -2.34. The second-order valence-electron chi connectivity index (χ2n) is 6.19. The lowest BCUT2D eigenvalue weighted by molar-refractivity contribution is -0.0629. The minimum atomic E-state index is -0.594. The zero-order valence-corrected chi connectivity index (χ0v) is 13.9. The summed E-state index contributed by atoms with van der Waals surface area (Å²) in [4.78, 5) is 1.30. The van der Waals surface area contributed by atoms with Gasteiger partial charge in [-0.15, -0.1) is 11.8 Å². The summed E-state index contributed by atoms with van der Waals surface area (Å²) >= 11 is 1.87. The summed E-state index contributed by atoms with van der Waals surface area (Å²) in [6.45, 7) is 6.47. The van der Waals surface area contributed by atoms with Crippen LogP contribution in [-0.2, 0) is 4.74 Å². The maximum atomic E-state index is 10.5. The Bertz CT molecular complexity index is 405. The van der Waals surface area contributed by atoms with Crippen molar-refractivity contribution in [1.29, 1.82) is 0 Å². The number of benzene rings is 1. The van der Waals surface area contributed by atoms with Gasteiger partial charge < -0.3 is 15.2 Å². The van der Waals surface area contributed by atoms with Gasteiger partial charge in [-0.3, -0.25) is 0 Å². The van der Waals surface area contributed by atoms with Crippen LogP contribution in [0.3, 0.4) is 0 Å². The van der Waals surface area contributed by atoms with E-state index in [4.69, 9.17) is 4.74 Å². The van der Waals surface area contributed by atoms with Gasteiger partial charge >= 0.3 is 0 Å². The van der Waals surface area contributed by atoms with Gasteiger partial charge in [-0.25, -0.2) is 0 Å². The Morgan fingerprint density at radius 1 is 1.24 bits per heavy atom. The molecule has 1 unspecified atom stereocenters. The van der Waals surface area contributed by atoms with E-state index in [1.54, 1.807) is 0 Å². The van der Waals surface area contributed by atoms with Crippen molar-refractivity contribution in [3.8, 4) is 0 Å². The highest BCUT2D eigenvalue weighted by atomic mass is 32.2. The van der Waals surface area contributed by atoms with Gasteiger partial charge in [0, 0.05) is 49.3 Å². The van der Waals surface area contributed by atoms with Crippen molar-refractivity contribution >= 4 is 11.8 Å². The Hall–Kier alpha value is -0.550. The summed E-state index contributed by atoms with van der Waals surface area (Å²) in [6, 6.07) is 10.9. The molecule has 0 bridgehead atoms. The second-order valence-corrected chi connectivity index (χ2v) is 7.29. The van der Waals surface area contributed by atoms with E-state index >= 15 is 0 Å². The topological polar surface area (TPSA) is 41.5 Å². The Morgan fingerprint density at radius 3 is 2.52 bits per heavy atom. The van der Waals surface area contributed by atoms with Crippen LogP contribution in [0.5, 0.6) is 0 Å². The molecule has 21 heavy (non-hydrogen) atoms. The highest BCUT2D eigenvalue weighted by molar-refractivity contribution is 7.99. The molecular formula is C17H27NO2S. The minimum Gasteiger partial charge on any atom is -0.388 e. The summed E-state index contributed by atoms with van der Waals surface area (Å²) in [5.41, 5.74) is -0.594. The number of nitrogens with one attached hydrogen (secondary N) is 1. The van der Waals surface area contributed by atoms with Crippen molar-refractivity contribution in [3.05, 3.63) is 30.3 Å². The van der Waals surface area contributed by atoms with E-state index in [-0.39, 0.29) is 0 Å². The monoisotopic (exact) mass is 309 g/mol. The first-order chi connectivity index (χ1) is 10.1. The molecule has 118 valence electrons. The molecule has 2 rings (SSSR count). The average molecular weight is 309 g/mol. The third kappa shape index (κ3) is 5.62. The van der Waals surface area contributed by atoms with Crippen LogP contribution in [-0.4, -0.2) is 42.3 Å². The molecule has 1 atom stereocenters. The van der Waals surface area contributed by atoms with Crippen molar-refractivity contribution in [2.45, 2.75) is 43.2 Å². The third-order valence-corrected chi connectivity index (χ3v) is 5.23. The van der Waals surface area contributed by atoms with E-state index in [2.05, 4.69) is 43.4 Å². The molecule has 1 aliphatic rings. The fourth-order valence-corrected chi connectivity index (χ4v) is 3.66. The molecule has 0 spiro atoms. The van der Waals surface area contributed by atoms with Crippen LogP contribution in [0.2, 0.25) is 0 Å². The smallest absolute Gasteiger partial charge is 0.0815 e. The van der Waals surface area contributed by atoms with E-state index < -0.39 is 5.60 Å². The zero-order valence-electron chi connectivity index (χ0n) is 13.0. The number of thioether (sulfide) groups is 1. The van der Waals surface area contributed by atoms with Crippen LogP contribution in [0, 0.1) is 5.92 Å². The first-order valence-electron chi connectivity index (χ1n) is 7.80. The maximum Gasteiger partial charge on any atom is 0.0815 e. The Morgan fingerprint density at radius 2 is 1.90 bits per heavy atom. The van der Waals surface area contributed by atoms with Crippen LogP contribution in [0.4, 0.5) is 0 Å². The Labute approximate surface area is 132 Å². The minimum absolute atomic E-state index is 0.405. The molecular weight excluding hydrogens is 282 g/mol. The van der Waals surface area contributed by atoms with Crippen molar-refractivity contribution < 1.29 is 9.84 Å². The first kappa shape index (κ1) is 16.8. The molecule has 3 nitrogen and oxygen atoms in total. The molecule has 0 aliphatic carbocycles. The molecule has 0 radical (unpaired) electrons. The van der Waals surface area contributed by atoms with E-state index in [9.17, 15) is 5.11 Å². The zero-order chi connectivity index (χ0) is 15.1. The van der Waals surface area contributed by atoms with Gasteiger partial charge in [0.15, 0.2) is 0 Å². The number of aliphatic hydroxyl groups is 1. The quantitative estimate of drug-likeness (QED) is 0.760. The Kier molecular flexibility index (Phi) is 6.55. The fraction of sp³-hybridized carbons (Fsp3) is 0.647. The standard InChI is InChI=1S/C17H27NO2S/c1-14(2)16(12-21-15-6-4-3-5-7-15)18-13-17(19)8-10-20-11-9-17/h3-7,14,16,18-19H,8-13H2,1-2H3. The summed E-state index contributed by atoms with van der Waals surface area (Å²) < 4.78 is 5.33. The fourth-order valence-electron chi connectivity index (χ4n) is 2.44. The van der Waals surface area contributed by atoms with Gasteiger partial charge in [0.05, 0.1) is 5.60 Å². The average Bonchev–Trinajstić information content (AvgIpc) is 2.48. The molecule has 0 saturated carbocycles. The van der Waals surface area contributed by atoms with Crippen molar-refractivity contribution in [1.82, 2.24) is 5.32 Å². The molecule has 0 amide bonds. The molecule has 1 aliphatic heterocycles. The molecule has 1 fully saturated rings. The SMILES string of the molecule is CC(C)C(CSc1ccccc1)NCC1(O)CCOCC1. The van der Waals surface area contributed by atoms with Gasteiger partial charge in [0.2, 0.25) is 0 Å². The molecule has 0 aromatic heterocycles. The van der Waals surface area contributed by atoms with Gasteiger partial charge in [0.25, 0.3) is 0 Å². The van der Waals surface area contributed by atoms with Crippen LogP contribution in [0.1, 0.15) is 26.7 Å². The highest BCUT2D eigenvalue weighted by Crippen LogP contribution is 2.23. The summed E-state index contributed by atoms with van der Waals surface area (Å²) in [7, 11) is 0. The van der Waals surface area contributed by atoms with Crippen LogP contribution in [0.15, 0.2) is 35.2 Å². The van der Waals surface area contributed by atoms with Crippen molar-refractivity contribution in [2.75, 3.05) is 25.5 Å². The maximum absolute atomic E-state index is 10.5. The number of hydrogen-bond donors (Lipinski definition) is 2. The lowest BCUT2D eigenvalue weighted by Crippen LogP contribution is -2.49. The normalized spacial score (nSPS) is 19.6. The van der Waals surface area contributed by atoms with Crippen LogP contribution >= 0.6 is 11.8 Å². The molecule has 4 heteroatoms. The van der Waals surface area contributed by atoms with Gasteiger partial charge in [-0.05, 0) is 18.1 Å². The lowest BCUT2D eigenvalue weighted by atomic mass is 9.93. The van der Waals surface area contributed by atoms with E-state index in [0.29, 0.717) is 31.7 Å². The number of hydrogen-bond acceptors (Lipinski definition) is 4. The van der Waals surface area contributed by atoms with E-state index in [1.807, 2.05) is 17.8 Å². The van der Waals surface area contributed by atoms with Crippen LogP contribution in [0.25, 0.3) is 0 Å². The first-order valence-corrected chi connectivity index (χ1v) is 8.79. The van der Waals surface area contributed by atoms with Crippen molar-refractivity contribution in [2.24, 2.45) is 5.92 Å². The van der Waals surface area contributed by atoms with Crippen LogP contribution < -0.4 is 5.32 Å². The van der Waals surface area contributed by atoms with Gasteiger partial charge in [0.1, 0.15) is 0 Å². The highest BCUT2D eigenvalue weighted by Gasteiger charge is 2.30.